The molecule has 0 radical (unpaired) electrons. The molecule has 0 unspecified atom stereocenters. The molecule has 1 aromatic carbocycles. The number of fused-ring (bicyclic) bond motifs is 1. The Hall–Kier alpha value is -0.850. The van der Waals surface area contributed by atoms with Crippen LogP contribution in [0.2, 0.25) is 0 Å². The van der Waals surface area contributed by atoms with Gasteiger partial charge in [-0.2, -0.15) is 5.26 Å². The lowest BCUT2D eigenvalue weighted by molar-refractivity contribution is 1.52. The standard InChI is InChI=1S/C9H4BrNS/c10-9-6-3-1-2-4-7(6)12-8(9)5-11/h1-4H. The van der Waals surface area contributed by atoms with Gasteiger partial charge in [-0.25, -0.2) is 0 Å². The van der Waals surface area contributed by atoms with Gasteiger partial charge in [0.1, 0.15) is 10.9 Å². The van der Waals surface area contributed by atoms with Gasteiger partial charge in [-0.05, 0) is 22.0 Å². The van der Waals surface area contributed by atoms with Crippen LogP contribution < -0.4 is 0 Å². The Bertz CT molecular complexity index is 467. The average Bonchev–Trinajstić information content (AvgIpc) is 2.44. The fraction of sp³-hybridized carbons (Fsp3) is 0. The van der Waals surface area contributed by atoms with Crippen molar-refractivity contribution in [3.63, 3.8) is 0 Å². The number of rotatable bonds is 0. The van der Waals surface area contributed by atoms with E-state index in [9.17, 15) is 0 Å². The fourth-order valence-electron chi connectivity index (χ4n) is 1.09. The third-order valence-corrected chi connectivity index (χ3v) is 3.80. The molecular weight excluding hydrogens is 234 g/mol. The highest BCUT2D eigenvalue weighted by Crippen LogP contribution is 2.34. The van der Waals surface area contributed by atoms with Crippen LogP contribution in [0.3, 0.4) is 0 Å². The first-order valence-electron chi connectivity index (χ1n) is 3.40. The van der Waals surface area contributed by atoms with E-state index in [1.54, 1.807) is 0 Å². The second-order valence-electron chi connectivity index (χ2n) is 2.35. The summed E-state index contributed by atoms with van der Waals surface area (Å²) in [6.45, 7) is 0. The maximum atomic E-state index is 8.75. The molecule has 58 valence electrons. The summed E-state index contributed by atoms with van der Waals surface area (Å²) >= 11 is 4.92. The molecule has 0 amide bonds. The van der Waals surface area contributed by atoms with Crippen LogP contribution in [0.15, 0.2) is 28.7 Å². The molecule has 3 heteroatoms. The minimum absolute atomic E-state index is 0.746. The Morgan fingerprint density at radius 1 is 1.33 bits per heavy atom. The SMILES string of the molecule is N#Cc1sc2ccccc2c1Br. The van der Waals surface area contributed by atoms with Gasteiger partial charge in [-0.3, -0.25) is 0 Å². The zero-order chi connectivity index (χ0) is 8.55. The molecule has 1 nitrogen and oxygen atoms in total. The van der Waals surface area contributed by atoms with E-state index in [4.69, 9.17) is 5.26 Å². The number of nitriles is 1. The minimum atomic E-state index is 0.746. The highest BCUT2D eigenvalue weighted by Gasteiger charge is 2.07. The maximum absolute atomic E-state index is 8.75. The van der Waals surface area contributed by atoms with Crippen molar-refractivity contribution in [2.45, 2.75) is 0 Å². The largest absolute Gasteiger partial charge is 0.191 e. The number of nitrogens with zero attached hydrogens (tertiary/aromatic N) is 1. The van der Waals surface area contributed by atoms with Crippen molar-refractivity contribution in [2.75, 3.05) is 0 Å². The molecule has 0 spiro atoms. The van der Waals surface area contributed by atoms with E-state index in [2.05, 4.69) is 22.0 Å². The van der Waals surface area contributed by atoms with Crippen molar-refractivity contribution in [3.05, 3.63) is 33.6 Å². The Morgan fingerprint density at radius 3 is 2.75 bits per heavy atom. The molecule has 0 N–H and O–H groups in total. The van der Waals surface area contributed by atoms with Gasteiger partial charge in [0, 0.05) is 10.1 Å². The van der Waals surface area contributed by atoms with Crippen LogP contribution in [-0.4, -0.2) is 0 Å². The van der Waals surface area contributed by atoms with Crippen LogP contribution in [0.25, 0.3) is 10.1 Å². The molecule has 2 aromatic rings. The van der Waals surface area contributed by atoms with E-state index in [0.717, 1.165) is 19.4 Å². The lowest BCUT2D eigenvalue weighted by Gasteiger charge is -1.86. The monoisotopic (exact) mass is 237 g/mol. The van der Waals surface area contributed by atoms with E-state index in [-0.39, 0.29) is 0 Å². The van der Waals surface area contributed by atoms with Gasteiger partial charge in [0.05, 0.1) is 4.47 Å². The Balaban J connectivity index is 2.90. The minimum Gasteiger partial charge on any atom is -0.191 e. The summed E-state index contributed by atoms with van der Waals surface area (Å²) in [5.41, 5.74) is 0. The Morgan fingerprint density at radius 2 is 2.08 bits per heavy atom. The molecule has 2 rings (SSSR count). The molecule has 0 aliphatic carbocycles. The van der Waals surface area contributed by atoms with Gasteiger partial charge in [0.25, 0.3) is 0 Å². The van der Waals surface area contributed by atoms with Gasteiger partial charge < -0.3 is 0 Å². The van der Waals surface area contributed by atoms with E-state index in [1.807, 2.05) is 24.3 Å². The van der Waals surface area contributed by atoms with Crippen molar-refractivity contribution >= 4 is 37.4 Å². The van der Waals surface area contributed by atoms with Crippen LogP contribution in [0.1, 0.15) is 4.88 Å². The summed E-state index contributed by atoms with van der Waals surface area (Å²) in [5.74, 6) is 0. The number of hydrogen-bond acceptors (Lipinski definition) is 2. The molecule has 0 aliphatic rings. The van der Waals surface area contributed by atoms with Crippen molar-refractivity contribution < 1.29 is 0 Å². The molecule has 0 saturated heterocycles. The highest BCUT2D eigenvalue weighted by atomic mass is 79.9. The van der Waals surface area contributed by atoms with E-state index in [1.165, 1.54) is 11.3 Å². The summed E-state index contributed by atoms with van der Waals surface area (Å²) in [6.07, 6.45) is 0. The summed E-state index contributed by atoms with van der Waals surface area (Å²) < 4.78 is 2.08. The lowest BCUT2D eigenvalue weighted by atomic mass is 10.2. The van der Waals surface area contributed by atoms with Crippen LogP contribution in [0, 0.1) is 11.3 Å². The van der Waals surface area contributed by atoms with Crippen LogP contribution in [0.5, 0.6) is 0 Å². The summed E-state index contributed by atoms with van der Waals surface area (Å²) in [6, 6.07) is 10.1. The van der Waals surface area contributed by atoms with Gasteiger partial charge in [0.2, 0.25) is 0 Å². The number of thiophene rings is 1. The van der Waals surface area contributed by atoms with Crippen molar-refractivity contribution in [2.24, 2.45) is 0 Å². The van der Waals surface area contributed by atoms with Gasteiger partial charge in [-0.15, -0.1) is 11.3 Å². The predicted molar refractivity (Wildman–Crippen MR) is 54.2 cm³/mol. The van der Waals surface area contributed by atoms with Crippen molar-refractivity contribution in [1.82, 2.24) is 0 Å². The molecule has 1 aromatic heterocycles. The first kappa shape index (κ1) is 7.78. The van der Waals surface area contributed by atoms with Crippen molar-refractivity contribution in [1.29, 1.82) is 5.26 Å². The number of halogens is 1. The fourth-order valence-corrected chi connectivity index (χ4v) is 2.79. The number of hydrogen-bond donors (Lipinski definition) is 0. The van der Waals surface area contributed by atoms with Gasteiger partial charge in [0.15, 0.2) is 0 Å². The summed E-state index contributed by atoms with van der Waals surface area (Å²) in [4.78, 5) is 0.746. The van der Waals surface area contributed by atoms with Crippen molar-refractivity contribution in [3.8, 4) is 6.07 Å². The molecule has 0 saturated carbocycles. The van der Waals surface area contributed by atoms with Crippen LogP contribution in [0.4, 0.5) is 0 Å². The quantitative estimate of drug-likeness (QED) is 0.688. The summed E-state index contributed by atoms with van der Waals surface area (Å²) in [7, 11) is 0. The smallest absolute Gasteiger partial charge is 0.120 e. The molecular formula is C9H4BrNS. The van der Waals surface area contributed by atoms with Gasteiger partial charge >= 0.3 is 0 Å². The molecule has 12 heavy (non-hydrogen) atoms. The topological polar surface area (TPSA) is 23.8 Å². The Labute approximate surface area is 82.4 Å². The van der Waals surface area contributed by atoms with E-state index >= 15 is 0 Å². The lowest BCUT2D eigenvalue weighted by Crippen LogP contribution is -1.63. The average molecular weight is 238 g/mol. The molecule has 0 bridgehead atoms. The Kier molecular flexibility index (Phi) is 1.87. The molecule has 0 atom stereocenters. The first-order valence-corrected chi connectivity index (χ1v) is 5.01. The number of benzene rings is 1. The zero-order valence-corrected chi connectivity index (χ0v) is 8.45. The molecule has 0 aliphatic heterocycles. The second kappa shape index (κ2) is 2.89. The zero-order valence-electron chi connectivity index (χ0n) is 6.04. The highest BCUT2D eigenvalue weighted by molar-refractivity contribution is 9.10. The normalized spacial score (nSPS) is 10.0. The van der Waals surface area contributed by atoms with Gasteiger partial charge in [-0.1, -0.05) is 18.2 Å². The third-order valence-electron chi connectivity index (χ3n) is 1.64. The van der Waals surface area contributed by atoms with E-state index in [0.29, 0.717) is 0 Å². The maximum Gasteiger partial charge on any atom is 0.120 e. The van der Waals surface area contributed by atoms with E-state index < -0.39 is 0 Å². The molecule has 1 heterocycles. The predicted octanol–water partition coefficient (Wildman–Crippen LogP) is 3.54. The molecule has 0 fully saturated rings. The second-order valence-corrected chi connectivity index (χ2v) is 4.20. The van der Waals surface area contributed by atoms with Crippen LogP contribution in [-0.2, 0) is 0 Å². The summed E-state index contributed by atoms with van der Waals surface area (Å²) in [5, 5.41) is 9.87. The first-order chi connectivity index (χ1) is 5.83. The third kappa shape index (κ3) is 1.04. The van der Waals surface area contributed by atoms with Crippen LogP contribution >= 0.6 is 27.3 Å².